The number of rotatable bonds is 8. The summed E-state index contributed by atoms with van der Waals surface area (Å²) >= 11 is 0. The Bertz CT molecular complexity index is 609. The van der Waals surface area contributed by atoms with Crippen molar-refractivity contribution in [1.29, 1.82) is 0 Å². The van der Waals surface area contributed by atoms with Crippen LogP contribution in [0.3, 0.4) is 0 Å². The van der Waals surface area contributed by atoms with E-state index in [0.29, 0.717) is 5.56 Å². The lowest BCUT2D eigenvalue weighted by Gasteiger charge is -2.40. The van der Waals surface area contributed by atoms with Gasteiger partial charge in [-0.3, -0.25) is 4.57 Å². The average Bonchev–Trinajstić information content (AvgIpc) is 2.54. The molecule has 0 heterocycles. The van der Waals surface area contributed by atoms with Gasteiger partial charge in [-0.25, -0.2) is 18.8 Å². The molecule has 1 unspecified atom stereocenters. The van der Waals surface area contributed by atoms with E-state index >= 15 is 0 Å². The van der Waals surface area contributed by atoms with Gasteiger partial charge in [-0.05, 0) is 40.8 Å². The molecule has 0 aliphatic carbocycles. The predicted molar refractivity (Wildman–Crippen MR) is 94.2 cm³/mol. The van der Waals surface area contributed by atoms with Gasteiger partial charge in [-0.1, -0.05) is 36.9 Å². The molecule has 0 saturated carbocycles. The summed E-state index contributed by atoms with van der Waals surface area (Å²) < 4.78 is 22.7. The fourth-order valence-electron chi connectivity index (χ4n) is 2.55. The van der Waals surface area contributed by atoms with Crippen LogP contribution in [0.4, 0.5) is 0 Å². The van der Waals surface area contributed by atoms with Crippen LogP contribution in [0.2, 0.25) is 0 Å². The second-order valence-electron chi connectivity index (χ2n) is 5.82. The Morgan fingerprint density at radius 2 is 1.71 bits per heavy atom. The molecule has 0 saturated heterocycles. The number of carbonyl (C=O) groups is 1. The summed E-state index contributed by atoms with van der Waals surface area (Å²) in [6.45, 7) is 3.14. The number of aliphatic hydroxyl groups is 1. The van der Waals surface area contributed by atoms with Gasteiger partial charge in [0, 0.05) is 0 Å². The van der Waals surface area contributed by atoms with E-state index in [2.05, 4.69) is 6.58 Å². The normalized spacial score (nSPS) is 14.7. The van der Waals surface area contributed by atoms with Crippen molar-refractivity contribution in [3.63, 3.8) is 0 Å². The van der Waals surface area contributed by atoms with E-state index in [1.54, 1.807) is 74.9 Å². The highest BCUT2D eigenvalue weighted by molar-refractivity contribution is 7.56. The molecule has 7 nitrogen and oxygen atoms in total. The minimum absolute atomic E-state index is 0.211. The number of hydrogen-bond donors (Lipinski definition) is 1. The second-order valence-corrected chi connectivity index (χ2v) is 9.13. The molecule has 1 rings (SSSR count). The molecular formula is C16H26N3O4P. The molecule has 0 amide bonds. The topological polar surface area (TPSA) is 73.3 Å². The molecule has 1 aromatic rings. The molecule has 1 N–H and O–H groups in total. The van der Waals surface area contributed by atoms with Crippen LogP contribution >= 0.6 is 7.59 Å². The first-order valence-corrected chi connectivity index (χ1v) is 8.94. The Labute approximate surface area is 143 Å². The zero-order valence-electron chi connectivity index (χ0n) is 14.8. The van der Waals surface area contributed by atoms with Crippen LogP contribution in [0.1, 0.15) is 5.56 Å². The third-order valence-corrected chi connectivity index (χ3v) is 6.84. The highest BCUT2D eigenvalue weighted by atomic mass is 31.2. The standard InChI is InChI=1S/C16H26N3O4P/c1-7-23-15(20)16(21,14-11-9-8-10-12-14)13-19(6)24(22,17(2)3)18(4)5/h7-12,21H,1,13H2,2-6H3. The second kappa shape index (κ2) is 8.05. The molecule has 0 radical (unpaired) electrons. The summed E-state index contributed by atoms with van der Waals surface area (Å²) in [5.74, 6) is -0.875. The Kier molecular flexibility index (Phi) is 6.89. The van der Waals surface area contributed by atoms with Gasteiger partial charge in [0.25, 0.3) is 7.59 Å². The van der Waals surface area contributed by atoms with Gasteiger partial charge in [-0.15, -0.1) is 0 Å². The van der Waals surface area contributed by atoms with Crippen molar-refractivity contribution in [3.8, 4) is 0 Å². The summed E-state index contributed by atoms with van der Waals surface area (Å²) in [5, 5.41) is 11.1. The van der Waals surface area contributed by atoms with Crippen LogP contribution < -0.4 is 0 Å². The third-order valence-electron chi connectivity index (χ3n) is 3.72. The van der Waals surface area contributed by atoms with Crippen LogP contribution in [0.25, 0.3) is 0 Å². The van der Waals surface area contributed by atoms with Crippen LogP contribution in [0.15, 0.2) is 43.2 Å². The molecule has 0 aromatic heterocycles. The molecule has 0 aliphatic heterocycles. The van der Waals surface area contributed by atoms with Gasteiger partial charge in [0.15, 0.2) is 0 Å². The molecule has 134 valence electrons. The summed E-state index contributed by atoms with van der Waals surface area (Å²) in [4.78, 5) is 12.4. The SMILES string of the molecule is C=COC(=O)C(O)(CN(C)P(=O)(N(C)C)N(C)C)c1ccccc1. The van der Waals surface area contributed by atoms with Gasteiger partial charge in [0.1, 0.15) is 0 Å². The van der Waals surface area contributed by atoms with Gasteiger partial charge >= 0.3 is 5.97 Å². The van der Waals surface area contributed by atoms with Crippen molar-refractivity contribution in [2.75, 3.05) is 41.8 Å². The Morgan fingerprint density at radius 1 is 1.21 bits per heavy atom. The van der Waals surface area contributed by atoms with Crippen molar-refractivity contribution in [2.24, 2.45) is 0 Å². The number of nitrogens with zero attached hydrogens (tertiary/aromatic N) is 3. The monoisotopic (exact) mass is 355 g/mol. The van der Waals surface area contributed by atoms with Gasteiger partial charge in [0.2, 0.25) is 5.60 Å². The minimum atomic E-state index is -3.12. The molecule has 0 fully saturated rings. The fraction of sp³-hybridized carbons (Fsp3) is 0.438. The maximum absolute atomic E-state index is 13.3. The smallest absolute Gasteiger partial charge is 0.349 e. The lowest BCUT2D eigenvalue weighted by atomic mass is 9.94. The minimum Gasteiger partial charge on any atom is -0.433 e. The number of carbonyl (C=O) groups excluding carboxylic acids is 1. The maximum Gasteiger partial charge on any atom is 0.349 e. The first kappa shape index (κ1) is 20.5. The van der Waals surface area contributed by atoms with Crippen molar-refractivity contribution < 1.29 is 19.2 Å². The molecule has 0 spiro atoms. The zero-order chi connectivity index (χ0) is 18.5. The van der Waals surface area contributed by atoms with Crippen molar-refractivity contribution in [3.05, 3.63) is 48.7 Å². The molecular weight excluding hydrogens is 329 g/mol. The first-order valence-electron chi connectivity index (χ1n) is 7.37. The van der Waals surface area contributed by atoms with E-state index in [9.17, 15) is 14.5 Å². The number of likely N-dealkylation sites (N-methyl/N-ethyl adjacent to an activating group) is 1. The van der Waals surface area contributed by atoms with Crippen LogP contribution in [0.5, 0.6) is 0 Å². The van der Waals surface area contributed by atoms with Crippen molar-refractivity contribution in [2.45, 2.75) is 5.60 Å². The Hall–Kier alpha value is -1.50. The van der Waals surface area contributed by atoms with Crippen molar-refractivity contribution >= 4 is 13.6 Å². The molecule has 24 heavy (non-hydrogen) atoms. The highest BCUT2D eigenvalue weighted by Crippen LogP contribution is 2.53. The van der Waals surface area contributed by atoms with Gasteiger partial charge < -0.3 is 9.84 Å². The molecule has 1 aromatic carbocycles. The molecule has 0 aliphatic rings. The van der Waals surface area contributed by atoms with E-state index in [1.807, 2.05) is 0 Å². The Balaban J connectivity index is 3.30. The number of esters is 1. The van der Waals surface area contributed by atoms with E-state index in [-0.39, 0.29) is 6.54 Å². The third kappa shape index (κ3) is 3.94. The molecule has 8 heteroatoms. The van der Waals surface area contributed by atoms with Gasteiger partial charge in [0.05, 0.1) is 12.8 Å². The lowest BCUT2D eigenvalue weighted by molar-refractivity contribution is -0.161. The van der Waals surface area contributed by atoms with Crippen molar-refractivity contribution in [1.82, 2.24) is 14.0 Å². The summed E-state index contributed by atoms with van der Waals surface area (Å²) in [6.07, 6.45) is 0.966. The maximum atomic E-state index is 13.3. The van der Waals surface area contributed by atoms with E-state index in [0.717, 1.165) is 6.26 Å². The summed E-state index contributed by atoms with van der Waals surface area (Å²) in [7, 11) is 5.20. The lowest BCUT2D eigenvalue weighted by Crippen LogP contribution is -2.47. The average molecular weight is 355 g/mol. The van der Waals surface area contributed by atoms with Crippen LogP contribution in [0, 0.1) is 0 Å². The fourth-order valence-corrected chi connectivity index (χ4v) is 4.88. The van der Waals surface area contributed by atoms with Crippen LogP contribution in [-0.4, -0.2) is 66.9 Å². The first-order chi connectivity index (χ1) is 11.1. The summed E-state index contributed by atoms with van der Waals surface area (Å²) in [6, 6.07) is 8.43. The molecule has 1 atom stereocenters. The van der Waals surface area contributed by atoms with Crippen LogP contribution in [-0.2, 0) is 19.7 Å². The Morgan fingerprint density at radius 3 is 2.12 bits per heavy atom. The number of benzene rings is 1. The van der Waals surface area contributed by atoms with E-state index in [1.165, 1.54) is 4.67 Å². The molecule has 0 bridgehead atoms. The predicted octanol–water partition coefficient (Wildman–Crippen LogP) is 1.72. The highest BCUT2D eigenvalue weighted by Gasteiger charge is 2.45. The number of hydrogen-bond acceptors (Lipinski definition) is 4. The summed E-state index contributed by atoms with van der Waals surface area (Å²) in [5.41, 5.74) is -1.63. The quantitative estimate of drug-likeness (QED) is 0.432. The number of ether oxygens (including phenoxy) is 1. The largest absolute Gasteiger partial charge is 0.433 e. The van der Waals surface area contributed by atoms with E-state index < -0.39 is 19.2 Å². The zero-order valence-corrected chi connectivity index (χ0v) is 15.7. The van der Waals surface area contributed by atoms with E-state index in [4.69, 9.17) is 4.74 Å². The van der Waals surface area contributed by atoms with Gasteiger partial charge in [-0.2, -0.15) is 0 Å².